The summed E-state index contributed by atoms with van der Waals surface area (Å²) in [6.45, 7) is 6.46. The average Bonchev–Trinajstić information content (AvgIpc) is 2.84. The second-order valence-corrected chi connectivity index (χ2v) is 6.74. The predicted molar refractivity (Wildman–Crippen MR) is 87.0 cm³/mol. The van der Waals surface area contributed by atoms with Crippen LogP contribution in [0.5, 0.6) is 0 Å². The molecule has 0 aliphatic carbocycles. The van der Waals surface area contributed by atoms with Crippen molar-refractivity contribution in [1.82, 2.24) is 14.5 Å². The van der Waals surface area contributed by atoms with Crippen LogP contribution in [0.1, 0.15) is 31.1 Å². The minimum Gasteiger partial charge on any atom is -0.332 e. The molecule has 1 aromatic carbocycles. The zero-order chi connectivity index (χ0) is 15.5. The summed E-state index contributed by atoms with van der Waals surface area (Å²) in [7, 11) is 4.21. The SMILES string of the molecule is CN(C)CC(C)(C)Cn1cncc1C(N)c1ccccc1. The highest BCUT2D eigenvalue weighted by Crippen LogP contribution is 2.24. The summed E-state index contributed by atoms with van der Waals surface area (Å²) in [4.78, 5) is 6.52. The van der Waals surface area contributed by atoms with E-state index in [-0.39, 0.29) is 11.5 Å². The van der Waals surface area contributed by atoms with Crippen LogP contribution in [0.2, 0.25) is 0 Å². The molecule has 2 rings (SSSR count). The van der Waals surface area contributed by atoms with E-state index in [1.165, 1.54) is 0 Å². The smallest absolute Gasteiger partial charge is 0.0948 e. The molecule has 2 aromatic rings. The maximum atomic E-state index is 6.41. The fraction of sp³-hybridized carbons (Fsp3) is 0.471. The van der Waals surface area contributed by atoms with Gasteiger partial charge in [-0.15, -0.1) is 0 Å². The van der Waals surface area contributed by atoms with Crippen LogP contribution in [0.4, 0.5) is 0 Å². The lowest BCUT2D eigenvalue weighted by Crippen LogP contribution is -2.33. The first-order valence-electron chi connectivity index (χ1n) is 7.34. The van der Waals surface area contributed by atoms with Crippen molar-refractivity contribution < 1.29 is 0 Å². The van der Waals surface area contributed by atoms with E-state index in [2.05, 4.69) is 54.5 Å². The van der Waals surface area contributed by atoms with Gasteiger partial charge in [0.15, 0.2) is 0 Å². The molecule has 1 unspecified atom stereocenters. The molecule has 21 heavy (non-hydrogen) atoms. The fourth-order valence-corrected chi connectivity index (χ4v) is 2.92. The van der Waals surface area contributed by atoms with Crippen LogP contribution in [0.25, 0.3) is 0 Å². The van der Waals surface area contributed by atoms with E-state index in [0.717, 1.165) is 24.3 Å². The zero-order valence-corrected chi connectivity index (χ0v) is 13.5. The predicted octanol–water partition coefficient (Wildman–Crippen LogP) is 2.52. The van der Waals surface area contributed by atoms with Crippen molar-refractivity contribution >= 4 is 0 Å². The molecule has 1 heterocycles. The Labute approximate surface area is 127 Å². The van der Waals surface area contributed by atoms with E-state index in [4.69, 9.17) is 5.73 Å². The molecule has 0 aliphatic heterocycles. The normalized spacial score (nSPS) is 13.6. The first-order chi connectivity index (χ1) is 9.89. The summed E-state index contributed by atoms with van der Waals surface area (Å²) in [5, 5.41) is 0. The van der Waals surface area contributed by atoms with Gasteiger partial charge in [-0.25, -0.2) is 4.98 Å². The maximum Gasteiger partial charge on any atom is 0.0948 e. The highest BCUT2D eigenvalue weighted by atomic mass is 15.1. The van der Waals surface area contributed by atoms with Gasteiger partial charge in [0.2, 0.25) is 0 Å². The first-order valence-corrected chi connectivity index (χ1v) is 7.34. The summed E-state index contributed by atoms with van der Waals surface area (Å²) >= 11 is 0. The van der Waals surface area contributed by atoms with Crippen molar-refractivity contribution in [3.05, 3.63) is 54.1 Å². The molecule has 1 atom stereocenters. The van der Waals surface area contributed by atoms with E-state index in [1.54, 1.807) is 0 Å². The monoisotopic (exact) mass is 286 g/mol. The Hall–Kier alpha value is -1.65. The average molecular weight is 286 g/mol. The Morgan fingerprint density at radius 1 is 1.24 bits per heavy atom. The molecule has 4 heteroatoms. The molecule has 2 N–H and O–H groups in total. The second-order valence-electron chi connectivity index (χ2n) is 6.74. The van der Waals surface area contributed by atoms with Gasteiger partial charge in [-0.2, -0.15) is 0 Å². The largest absolute Gasteiger partial charge is 0.332 e. The quantitative estimate of drug-likeness (QED) is 0.887. The van der Waals surface area contributed by atoms with E-state index in [9.17, 15) is 0 Å². The Kier molecular flexibility index (Phi) is 4.80. The standard InChI is InChI=1S/C17H26N4/c1-17(2,11-20(3)4)12-21-13-19-10-15(21)16(18)14-8-6-5-7-9-14/h5-10,13,16H,11-12,18H2,1-4H3. The maximum absolute atomic E-state index is 6.41. The van der Waals surface area contributed by atoms with Crippen molar-refractivity contribution in [3.63, 3.8) is 0 Å². The van der Waals surface area contributed by atoms with Crippen LogP contribution in [0.3, 0.4) is 0 Å². The number of imidazole rings is 1. The Bertz CT molecular complexity index is 557. The molecule has 0 saturated carbocycles. The molecule has 0 fully saturated rings. The third-order valence-corrected chi connectivity index (χ3v) is 3.56. The Morgan fingerprint density at radius 2 is 1.90 bits per heavy atom. The van der Waals surface area contributed by atoms with Gasteiger partial charge < -0.3 is 15.2 Å². The van der Waals surface area contributed by atoms with E-state index < -0.39 is 0 Å². The fourth-order valence-electron chi connectivity index (χ4n) is 2.92. The van der Waals surface area contributed by atoms with Gasteiger partial charge in [0.05, 0.1) is 24.3 Å². The Balaban J connectivity index is 2.19. The van der Waals surface area contributed by atoms with E-state index in [1.807, 2.05) is 30.7 Å². The summed E-state index contributed by atoms with van der Waals surface area (Å²) < 4.78 is 2.18. The van der Waals surface area contributed by atoms with Crippen molar-refractivity contribution in [3.8, 4) is 0 Å². The van der Waals surface area contributed by atoms with Crippen LogP contribution < -0.4 is 5.73 Å². The van der Waals surface area contributed by atoms with Crippen LogP contribution >= 0.6 is 0 Å². The van der Waals surface area contributed by atoms with Gasteiger partial charge in [0, 0.05) is 13.1 Å². The summed E-state index contributed by atoms with van der Waals surface area (Å²) in [5.41, 5.74) is 8.75. The molecule has 0 spiro atoms. The molecular formula is C17H26N4. The van der Waals surface area contributed by atoms with E-state index in [0.29, 0.717) is 0 Å². The van der Waals surface area contributed by atoms with Gasteiger partial charge in [-0.3, -0.25) is 0 Å². The summed E-state index contributed by atoms with van der Waals surface area (Å²) in [6.07, 6.45) is 3.76. The minimum absolute atomic E-state index is 0.135. The molecule has 114 valence electrons. The summed E-state index contributed by atoms with van der Waals surface area (Å²) in [5.74, 6) is 0. The number of rotatable bonds is 6. The molecule has 0 amide bonds. The molecule has 0 aliphatic rings. The highest BCUT2D eigenvalue weighted by molar-refractivity contribution is 5.26. The van der Waals surface area contributed by atoms with Crippen LogP contribution in [0, 0.1) is 5.41 Å². The second kappa shape index (κ2) is 6.41. The first kappa shape index (κ1) is 15.7. The number of benzene rings is 1. The zero-order valence-electron chi connectivity index (χ0n) is 13.5. The van der Waals surface area contributed by atoms with Crippen molar-refractivity contribution in [1.29, 1.82) is 0 Å². The van der Waals surface area contributed by atoms with Gasteiger partial charge in [0.25, 0.3) is 0 Å². The van der Waals surface area contributed by atoms with Crippen LogP contribution in [0.15, 0.2) is 42.9 Å². The molecule has 0 saturated heterocycles. The van der Waals surface area contributed by atoms with Crippen LogP contribution in [-0.2, 0) is 6.54 Å². The lowest BCUT2D eigenvalue weighted by Gasteiger charge is -2.30. The van der Waals surface area contributed by atoms with Crippen LogP contribution in [-0.4, -0.2) is 35.1 Å². The minimum atomic E-state index is -0.135. The lowest BCUT2D eigenvalue weighted by atomic mass is 9.92. The van der Waals surface area contributed by atoms with Gasteiger partial charge in [-0.1, -0.05) is 44.2 Å². The molecule has 0 radical (unpaired) electrons. The highest BCUT2D eigenvalue weighted by Gasteiger charge is 2.22. The topological polar surface area (TPSA) is 47.1 Å². The van der Waals surface area contributed by atoms with Crippen molar-refractivity contribution in [2.75, 3.05) is 20.6 Å². The van der Waals surface area contributed by atoms with Gasteiger partial charge in [-0.05, 0) is 25.1 Å². The van der Waals surface area contributed by atoms with E-state index >= 15 is 0 Å². The number of aromatic nitrogens is 2. The number of hydrogen-bond acceptors (Lipinski definition) is 3. The third-order valence-electron chi connectivity index (χ3n) is 3.56. The van der Waals surface area contributed by atoms with Gasteiger partial charge in [0.1, 0.15) is 0 Å². The number of nitrogens with zero attached hydrogens (tertiary/aromatic N) is 3. The van der Waals surface area contributed by atoms with Gasteiger partial charge >= 0.3 is 0 Å². The number of hydrogen-bond donors (Lipinski definition) is 1. The summed E-state index contributed by atoms with van der Waals surface area (Å²) in [6, 6.07) is 10.0. The molecule has 1 aromatic heterocycles. The molecule has 0 bridgehead atoms. The molecule has 4 nitrogen and oxygen atoms in total. The third kappa shape index (κ3) is 4.16. The number of nitrogens with two attached hydrogens (primary N) is 1. The Morgan fingerprint density at radius 3 is 2.52 bits per heavy atom. The van der Waals surface area contributed by atoms with Crippen molar-refractivity contribution in [2.24, 2.45) is 11.1 Å². The van der Waals surface area contributed by atoms with Crippen molar-refractivity contribution in [2.45, 2.75) is 26.4 Å². The lowest BCUT2D eigenvalue weighted by molar-refractivity contribution is 0.209. The molecular weight excluding hydrogens is 260 g/mol.